The molecule has 1 nitrogen and oxygen atoms in total. The van der Waals surface area contributed by atoms with Crippen LogP contribution in [0.1, 0.15) is 16.7 Å². The van der Waals surface area contributed by atoms with Gasteiger partial charge in [-0.05, 0) is 17.5 Å². The summed E-state index contributed by atoms with van der Waals surface area (Å²) in [6, 6.07) is 19.6. The van der Waals surface area contributed by atoms with E-state index in [0.29, 0.717) is 0 Å². The van der Waals surface area contributed by atoms with Gasteiger partial charge in [0.05, 0.1) is 21.1 Å². The lowest BCUT2D eigenvalue weighted by molar-refractivity contribution is -0.884. The van der Waals surface area contributed by atoms with Crippen molar-refractivity contribution < 1.29 is 16.9 Å². The van der Waals surface area contributed by atoms with E-state index in [4.69, 9.17) is 0 Å². The Morgan fingerprint density at radius 3 is 1.68 bits per heavy atom. The zero-order valence-electron chi connectivity index (χ0n) is 11.9. The molecular formula is C17H22ClN. The van der Waals surface area contributed by atoms with Gasteiger partial charge in [0.1, 0.15) is 6.54 Å². The van der Waals surface area contributed by atoms with E-state index in [1.807, 2.05) is 0 Å². The van der Waals surface area contributed by atoms with Crippen LogP contribution in [0.25, 0.3) is 0 Å². The van der Waals surface area contributed by atoms with Crippen molar-refractivity contribution in [1.82, 2.24) is 0 Å². The van der Waals surface area contributed by atoms with Crippen LogP contribution in [-0.2, 0) is 13.0 Å². The van der Waals surface area contributed by atoms with E-state index in [2.05, 4.69) is 75.7 Å². The van der Waals surface area contributed by atoms with E-state index < -0.39 is 0 Å². The Morgan fingerprint density at radius 2 is 1.16 bits per heavy atom. The topological polar surface area (TPSA) is 0 Å². The van der Waals surface area contributed by atoms with Crippen LogP contribution in [0.15, 0.2) is 54.6 Å². The van der Waals surface area contributed by atoms with Crippen molar-refractivity contribution in [2.24, 2.45) is 0 Å². The van der Waals surface area contributed by atoms with Gasteiger partial charge >= 0.3 is 0 Å². The van der Waals surface area contributed by atoms with Crippen molar-refractivity contribution >= 4 is 0 Å². The minimum Gasteiger partial charge on any atom is -1.00 e. The molecule has 2 aromatic rings. The lowest BCUT2D eigenvalue weighted by atomic mass is 10.0. The maximum atomic E-state index is 2.25. The average molecular weight is 276 g/mol. The second kappa shape index (κ2) is 6.74. The van der Waals surface area contributed by atoms with Gasteiger partial charge in [0.2, 0.25) is 0 Å². The van der Waals surface area contributed by atoms with Crippen molar-refractivity contribution in [1.29, 1.82) is 0 Å². The van der Waals surface area contributed by atoms with E-state index in [1.165, 1.54) is 16.7 Å². The molecular weight excluding hydrogens is 254 g/mol. The maximum absolute atomic E-state index is 2.25. The van der Waals surface area contributed by atoms with Crippen LogP contribution in [0.5, 0.6) is 0 Å². The highest BCUT2D eigenvalue weighted by Crippen LogP contribution is 2.12. The number of halogens is 1. The number of nitrogens with zero attached hydrogens (tertiary/aromatic N) is 1. The normalized spacial score (nSPS) is 10.9. The molecule has 0 fully saturated rings. The zero-order valence-corrected chi connectivity index (χ0v) is 12.7. The van der Waals surface area contributed by atoms with Crippen molar-refractivity contribution in [3.63, 3.8) is 0 Å². The summed E-state index contributed by atoms with van der Waals surface area (Å²) < 4.78 is 0.970. The Morgan fingerprint density at radius 1 is 0.684 bits per heavy atom. The summed E-state index contributed by atoms with van der Waals surface area (Å²) >= 11 is 0. The lowest BCUT2D eigenvalue weighted by Gasteiger charge is -2.23. The van der Waals surface area contributed by atoms with E-state index in [1.54, 1.807) is 0 Å². The molecule has 0 amide bonds. The summed E-state index contributed by atoms with van der Waals surface area (Å²) in [6.45, 7) is 1.08. The van der Waals surface area contributed by atoms with Gasteiger partial charge in [-0.25, -0.2) is 0 Å². The van der Waals surface area contributed by atoms with Crippen molar-refractivity contribution in [2.45, 2.75) is 13.0 Å². The molecule has 0 heterocycles. The van der Waals surface area contributed by atoms with Gasteiger partial charge in [0, 0.05) is 5.56 Å². The zero-order chi connectivity index (χ0) is 13.0. The van der Waals surface area contributed by atoms with E-state index >= 15 is 0 Å². The van der Waals surface area contributed by atoms with Gasteiger partial charge in [-0.1, -0.05) is 54.6 Å². The summed E-state index contributed by atoms with van der Waals surface area (Å²) in [5, 5.41) is 0. The minimum atomic E-state index is 0. The Balaban J connectivity index is 0.00000180. The number of hydrogen-bond acceptors (Lipinski definition) is 0. The second-order valence-electron chi connectivity index (χ2n) is 5.93. The molecule has 0 atom stereocenters. The number of hydrogen-bond donors (Lipinski definition) is 0. The van der Waals surface area contributed by atoms with Crippen LogP contribution in [0.4, 0.5) is 0 Å². The van der Waals surface area contributed by atoms with Gasteiger partial charge < -0.3 is 16.9 Å². The molecule has 19 heavy (non-hydrogen) atoms. The van der Waals surface area contributed by atoms with E-state index in [9.17, 15) is 0 Å². The average Bonchev–Trinajstić information content (AvgIpc) is 2.31. The van der Waals surface area contributed by atoms with Crippen LogP contribution in [-0.4, -0.2) is 25.6 Å². The fraction of sp³-hybridized carbons (Fsp3) is 0.294. The van der Waals surface area contributed by atoms with Crippen molar-refractivity contribution in [3.05, 3.63) is 71.3 Å². The first-order chi connectivity index (χ1) is 8.53. The van der Waals surface area contributed by atoms with Crippen LogP contribution < -0.4 is 12.4 Å². The SMILES string of the molecule is C[N+](C)(C)Cc1ccc(Cc2ccccc2)cc1.[Cl-]. The first-order valence-electron chi connectivity index (χ1n) is 6.45. The van der Waals surface area contributed by atoms with Crippen molar-refractivity contribution in [3.8, 4) is 0 Å². The molecule has 2 aromatic carbocycles. The van der Waals surface area contributed by atoms with Gasteiger partial charge in [-0.3, -0.25) is 0 Å². The number of benzene rings is 2. The van der Waals surface area contributed by atoms with E-state index in [0.717, 1.165) is 17.4 Å². The molecule has 0 aliphatic rings. The van der Waals surface area contributed by atoms with E-state index in [-0.39, 0.29) is 12.4 Å². The molecule has 2 heteroatoms. The highest BCUT2D eigenvalue weighted by Gasteiger charge is 2.07. The molecule has 0 saturated heterocycles. The third-order valence-corrected chi connectivity index (χ3v) is 2.93. The molecule has 2 rings (SSSR count). The predicted octanol–water partition coefficient (Wildman–Crippen LogP) is 0.488. The molecule has 0 N–H and O–H groups in total. The quantitative estimate of drug-likeness (QED) is 0.713. The van der Waals surface area contributed by atoms with Crippen LogP contribution in [0, 0.1) is 0 Å². The standard InChI is InChI=1S/C17H22N.ClH/c1-18(2,3)14-17-11-9-16(10-12-17)13-15-7-5-4-6-8-15;/h4-12H,13-14H2,1-3H3;1H/q+1;/p-1. The van der Waals surface area contributed by atoms with Crippen LogP contribution >= 0.6 is 0 Å². The van der Waals surface area contributed by atoms with Crippen LogP contribution in [0.3, 0.4) is 0 Å². The molecule has 0 bridgehead atoms. The summed E-state index contributed by atoms with van der Waals surface area (Å²) in [5.74, 6) is 0. The molecule has 0 aromatic heterocycles. The molecule has 0 aliphatic carbocycles. The second-order valence-corrected chi connectivity index (χ2v) is 5.93. The monoisotopic (exact) mass is 275 g/mol. The summed E-state index contributed by atoms with van der Waals surface area (Å²) in [7, 11) is 6.66. The summed E-state index contributed by atoms with van der Waals surface area (Å²) in [5.41, 5.74) is 4.16. The Bertz CT molecular complexity index is 483. The van der Waals surface area contributed by atoms with Crippen LogP contribution in [0.2, 0.25) is 0 Å². The molecule has 0 aliphatic heterocycles. The largest absolute Gasteiger partial charge is 1.00 e. The Kier molecular flexibility index (Phi) is 5.59. The Labute approximate surface area is 122 Å². The maximum Gasteiger partial charge on any atom is 0.104 e. The molecule has 0 unspecified atom stereocenters. The lowest BCUT2D eigenvalue weighted by Crippen LogP contribution is -3.00. The summed E-state index contributed by atoms with van der Waals surface area (Å²) in [4.78, 5) is 0. The third kappa shape index (κ3) is 5.46. The number of quaternary nitrogens is 1. The highest BCUT2D eigenvalue weighted by molar-refractivity contribution is 5.28. The predicted molar refractivity (Wildman–Crippen MR) is 77.4 cm³/mol. The molecule has 102 valence electrons. The molecule has 0 saturated carbocycles. The Hall–Kier alpha value is -1.31. The van der Waals surface area contributed by atoms with Gasteiger partial charge in [-0.15, -0.1) is 0 Å². The summed E-state index contributed by atoms with van der Waals surface area (Å²) in [6.07, 6.45) is 1.02. The fourth-order valence-electron chi connectivity index (χ4n) is 2.14. The first-order valence-corrected chi connectivity index (χ1v) is 6.45. The number of rotatable bonds is 4. The van der Waals surface area contributed by atoms with Gasteiger partial charge in [-0.2, -0.15) is 0 Å². The van der Waals surface area contributed by atoms with Crippen molar-refractivity contribution in [2.75, 3.05) is 21.1 Å². The smallest absolute Gasteiger partial charge is 0.104 e. The highest BCUT2D eigenvalue weighted by atomic mass is 35.5. The fourth-order valence-corrected chi connectivity index (χ4v) is 2.14. The molecule has 0 radical (unpaired) electrons. The van der Waals surface area contributed by atoms with Gasteiger partial charge in [0.15, 0.2) is 0 Å². The van der Waals surface area contributed by atoms with Gasteiger partial charge in [0.25, 0.3) is 0 Å². The first kappa shape index (κ1) is 15.7. The minimum absolute atomic E-state index is 0. The molecule has 0 spiro atoms. The third-order valence-electron chi connectivity index (χ3n) is 2.93.